The lowest BCUT2D eigenvalue weighted by Crippen LogP contribution is -2.43. The molecule has 29 heavy (non-hydrogen) atoms. The van der Waals surface area contributed by atoms with E-state index >= 15 is 0 Å². The fourth-order valence-corrected chi connectivity index (χ4v) is 4.88. The molecular weight excluding hydrogens is 382 g/mol. The maximum atomic E-state index is 12.5. The minimum Gasteiger partial charge on any atom is -0.491 e. The van der Waals surface area contributed by atoms with Gasteiger partial charge in [0.1, 0.15) is 10.8 Å². The van der Waals surface area contributed by atoms with Gasteiger partial charge >= 0.3 is 0 Å². The molecule has 2 aliphatic rings. The Kier molecular flexibility index (Phi) is 6.50. The highest BCUT2D eigenvalue weighted by molar-refractivity contribution is 7.09. The Morgan fingerprint density at radius 3 is 2.72 bits per heavy atom. The van der Waals surface area contributed by atoms with E-state index in [1.807, 2.05) is 25.4 Å². The van der Waals surface area contributed by atoms with Crippen molar-refractivity contribution in [3.05, 3.63) is 46.4 Å². The molecule has 156 valence electrons. The van der Waals surface area contributed by atoms with Crippen LogP contribution in [0.15, 0.2) is 35.8 Å². The number of piperidine rings is 1. The van der Waals surface area contributed by atoms with Crippen LogP contribution in [0.5, 0.6) is 5.75 Å². The van der Waals surface area contributed by atoms with Crippen LogP contribution in [0.1, 0.15) is 56.1 Å². The minimum absolute atomic E-state index is 0.0349. The van der Waals surface area contributed by atoms with E-state index in [1.54, 1.807) is 11.3 Å². The summed E-state index contributed by atoms with van der Waals surface area (Å²) in [5, 5.41) is 6.38. The van der Waals surface area contributed by atoms with Crippen LogP contribution in [0.3, 0.4) is 0 Å². The first kappa shape index (κ1) is 20.4. The lowest BCUT2D eigenvalue weighted by molar-refractivity contribution is -0.123. The van der Waals surface area contributed by atoms with Crippen molar-refractivity contribution in [1.29, 1.82) is 0 Å². The van der Waals surface area contributed by atoms with Crippen LogP contribution in [-0.4, -0.2) is 35.0 Å². The van der Waals surface area contributed by atoms with E-state index in [1.165, 1.54) is 5.56 Å². The van der Waals surface area contributed by atoms with Gasteiger partial charge < -0.3 is 10.1 Å². The van der Waals surface area contributed by atoms with Gasteiger partial charge in [0, 0.05) is 30.6 Å². The topological polar surface area (TPSA) is 54.5 Å². The monoisotopic (exact) mass is 413 g/mol. The lowest BCUT2D eigenvalue weighted by atomic mass is 9.90. The van der Waals surface area contributed by atoms with Crippen LogP contribution >= 0.6 is 11.3 Å². The summed E-state index contributed by atoms with van der Waals surface area (Å²) in [6.45, 7) is 7.10. The second-order valence-electron chi connectivity index (χ2n) is 8.58. The van der Waals surface area contributed by atoms with E-state index in [-0.39, 0.29) is 24.0 Å². The normalized spacial score (nSPS) is 21.1. The summed E-state index contributed by atoms with van der Waals surface area (Å²) >= 11 is 1.65. The van der Waals surface area contributed by atoms with Gasteiger partial charge in [0.05, 0.1) is 12.1 Å². The number of ether oxygens (including phenoxy) is 1. The third-order valence-corrected chi connectivity index (χ3v) is 6.54. The van der Waals surface area contributed by atoms with Gasteiger partial charge in [-0.25, -0.2) is 4.98 Å². The summed E-state index contributed by atoms with van der Waals surface area (Å²) in [5.41, 5.74) is 1.30. The van der Waals surface area contributed by atoms with E-state index in [9.17, 15) is 4.79 Å². The first-order valence-electron chi connectivity index (χ1n) is 10.8. The highest BCUT2D eigenvalue weighted by atomic mass is 32.1. The zero-order valence-electron chi connectivity index (χ0n) is 17.3. The van der Waals surface area contributed by atoms with E-state index in [0.29, 0.717) is 5.92 Å². The van der Waals surface area contributed by atoms with Crippen LogP contribution in [0.2, 0.25) is 0 Å². The molecule has 5 nitrogen and oxygen atoms in total. The Bertz CT molecular complexity index is 787. The number of aromatic nitrogens is 1. The molecule has 1 N–H and O–H groups in total. The molecule has 6 heteroatoms. The Morgan fingerprint density at radius 1 is 1.28 bits per heavy atom. The van der Waals surface area contributed by atoms with Gasteiger partial charge in [-0.05, 0) is 69.7 Å². The number of carbonyl (C=O) groups excluding carboxylic acids is 1. The van der Waals surface area contributed by atoms with Crippen molar-refractivity contribution in [1.82, 2.24) is 15.2 Å². The average molecular weight is 414 g/mol. The Morgan fingerprint density at radius 2 is 2.07 bits per heavy atom. The van der Waals surface area contributed by atoms with Crippen molar-refractivity contribution in [2.75, 3.05) is 13.1 Å². The Hall–Kier alpha value is -1.92. The van der Waals surface area contributed by atoms with Gasteiger partial charge in [0.2, 0.25) is 5.91 Å². The first-order chi connectivity index (χ1) is 14.1. The van der Waals surface area contributed by atoms with Crippen molar-refractivity contribution in [2.24, 2.45) is 11.8 Å². The molecule has 0 radical (unpaired) electrons. The van der Waals surface area contributed by atoms with Gasteiger partial charge in [0.15, 0.2) is 0 Å². The third kappa shape index (κ3) is 5.58. The van der Waals surface area contributed by atoms with Crippen LogP contribution in [-0.2, 0) is 11.3 Å². The Labute approximate surface area is 177 Å². The summed E-state index contributed by atoms with van der Waals surface area (Å²) in [6, 6.07) is 8.48. The van der Waals surface area contributed by atoms with E-state index in [0.717, 1.165) is 56.1 Å². The molecule has 1 aromatic heterocycles. The summed E-state index contributed by atoms with van der Waals surface area (Å²) in [6.07, 6.45) is 6.38. The third-order valence-electron chi connectivity index (χ3n) is 5.68. The molecule has 1 aromatic carbocycles. The molecule has 0 spiro atoms. The minimum atomic E-state index is 0.0349. The largest absolute Gasteiger partial charge is 0.491 e. The van der Waals surface area contributed by atoms with E-state index in [4.69, 9.17) is 4.74 Å². The van der Waals surface area contributed by atoms with Gasteiger partial charge in [-0.15, -0.1) is 11.3 Å². The Balaban J connectivity index is 1.40. The van der Waals surface area contributed by atoms with Gasteiger partial charge in [-0.3, -0.25) is 9.69 Å². The molecule has 2 fully saturated rings. The summed E-state index contributed by atoms with van der Waals surface area (Å²) < 4.78 is 5.75. The molecule has 1 saturated carbocycles. The molecule has 4 rings (SSSR count). The van der Waals surface area contributed by atoms with E-state index in [2.05, 4.69) is 39.5 Å². The van der Waals surface area contributed by atoms with Gasteiger partial charge in [-0.2, -0.15) is 0 Å². The number of nitrogens with zero attached hydrogens (tertiary/aromatic N) is 2. The molecule has 1 amide bonds. The number of hydrogen-bond acceptors (Lipinski definition) is 5. The van der Waals surface area contributed by atoms with Crippen LogP contribution < -0.4 is 10.1 Å². The fourth-order valence-electron chi connectivity index (χ4n) is 4.10. The standard InChI is InChI=1S/C23H31N3O2S/c1-16(2)28-20-9-5-17(6-10-20)14-26-12-3-4-19(15-26)21(23-24-11-13-29-23)25-22(27)18-7-8-18/h5-6,9-11,13,16,18-19,21H,3-4,7-8,12,14-15H2,1-2H3,(H,25,27)/t19-,21+/m1/s1. The highest BCUT2D eigenvalue weighted by Gasteiger charge is 2.35. The number of thiazole rings is 1. The van der Waals surface area contributed by atoms with Crippen molar-refractivity contribution in [3.63, 3.8) is 0 Å². The number of benzene rings is 1. The summed E-state index contributed by atoms with van der Waals surface area (Å²) in [5.74, 6) is 1.76. The highest BCUT2D eigenvalue weighted by Crippen LogP contribution is 2.34. The smallest absolute Gasteiger partial charge is 0.223 e. The molecule has 1 aliphatic carbocycles. The maximum Gasteiger partial charge on any atom is 0.223 e. The quantitative estimate of drug-likeness (QED) is 0.696. The summed E-state index contributed by atoms with van der Waals surface area (Å²) in [4.78, 5) is 19.5. The molecule has 2 atom stereocenters. The van der Waals surface area contributed by atoms with Gasteiger partial charge in [-0.1, -0.05) is 12.1 Å². The van der Waals surface area contributed by atoms with Gasteiger partial charge in [0.25, 0.3) is 0 Å². The predicted molar refractivity (Wildman–Crippen MR) is 116 cm³/mol. The maximum absolute atomic E-state index is 12.5. The van der Waals surface area contributed by atoms with E-state index < -0.39 is 0 Å². The molecule has 0 unspecified atom stereocenters. The first-order valence-corrected chi connectivity index (χ1v) is 11.6. The van der Waals surface area contributed by atoms with Crippen LogP contribution in [0.25, 0.3) is 0 Å². The predicted octanol–water partition coefficient (Wildman–Crippen LogP) is 4.41. The van der Waals surface area contributed by atoms with Crippen LogP contribution in [0, 0.1) is 11.8 Å². The van der Waals surface area contributed by atoms with Crippen molar-refractivity contribution < 1.29 is 9.53 Å². The van der Waals surface area contributed by atoms with Crippen molar-refractivity contribution >= 4 is 17.2 Å². The SMILES string of the molecule is CC(C)Oc1ccc(CN2CCC[C@@H]([C@H](NC(=O)C3CC3)c3nccs3)C2)cc1. The molecule has 1 aliphatic heterocycles. The number of nitrogens with one attached hydrogen (secondary N) is 1. The molecule has 2 heterocycles. The average Bonchev–Trinajstić information content (AvgIpc) is 3.42. The molecule has 2 aromatic rings. The molecule has 0 bridgehead atoms. The van der Waals surface area contributed by atoms with Crippen molar-refractivity contribution in [2.45, 2.75) is 58.2 Å². The van der Waals surface area contributed by atoms with Crippen LogP contribution in [0.4, 0.5) is 0 Å². The number of likely N-dealkylation sites (tertiary alicyclic amines) is 1. The zero-order chi connectivity index (χ0) is 20.2. The number of carbonyl (C=O) groups is 1. The molecule has 1 saturated heterocycles. The number of rotatable bonds is 8. The number of hydrogen-bond donors (Lipinski definition) is 1. The second kappa shape index (κ2) is 9.26. The second-order valence-corrected chi connectivity index (χ2v) is 9.50. The fraction of sp³-hybridized carbons (Fsp3) is 0.565. The zero-order valence-corrected chi connectivity index (χ0v) is 18.2. The summed E-state index contributed by atoms with van der Waals surface area (Å²) in [7, 11) is 0. The number of amides is 1. The lowest BCUT2D eigenvalue weighted by Gasteiger charge is -2.36. The molecular formula is C23H31N3O2S. The van der Waals surface area contributed by atoms with Crippen molar-refractivity contribution in [3.8, 4) is 5.75 Å².